The number of carbonyl (C=O) groups excluding carboxylic acids is 3. The van der Waals surface area contributed by atoms with Gasteiger partial charge in [-0.3, -0.25) is 9.59 Å². The van der Waals surface area contributed by atoms with Gasteiger partial charge >= 0.3 is 5.97 Å². The van der Waals surface area contributed by atoms with Crippen LogP contribution in [0.1, 0.15) is 32.4 Å². The van der Waals surface area contributed by atoms with E-state index in [1.165, 1.54) is 0 Å². The van der Waals surface area contributed by atoms with Crippen LogP contribution in [-0.2, 0) is 23.9 Å². The zero-order chi connectivity index (χ0) is 21.8. The van der Waals surface area contributed by atoms with Crippen molar-refractivity contribution in [2.24, 2.45) is 5.92 Å². The van der Waals surface area contributed by atoms with Crippen LogP contribution >= 0.6 is 0 Å². The molecule has 1 fully saturated rings. The Morgan fingerprint density at radius 2 is 1.70 bits per heavy atom. The Bertz CT molecular complexity index is 869. The normalized spacial score (nSPS) is 21.3. The Kier molecular flexibility index (Phi) is 6.59. The molecule has 1 aromatic carbocycles. The third-order valence-corrected chi connectivity index (χ3v) is 5.43. The molecule has 0 N–H and O–H groups in total. The lowest BCUT2D eigenvalue weighted by atomic mass is 9.88. The predicted octanol–water partition coefficient (Wildman–Crippen LogP) is 2.46. The van der Waals surface area contributed by atoms with E-state index in [1.807, 2.05) is 30.3 Å². The maximum atomic E-state index is 13.5. The minimum atomic E-state index is -0.783. The second-order valence-corrected chi connectivity index (χ2v) is 7.51. The number of carbonyl (C=O) groups is 3. The molecule has 2 atom stereocenters. The fourth-order valence-electron chi connectivity index (χ4n) is 3.92. The summed E-state index contributed by atoms with van der Waals surface area (Å²) in [5.74, 6) is -1.18. The summed E-state index contributed by atoms with van der Waals surface area (Å²) in [4.78, 5) is 41.7. The number of hydrogen-bond donors (Lipinski definition) is 0. The highest BCUT2D eigenvalue weighted by Crippen LogP contribution is 2.42. The molecule has 2 aliphatic rings. The SMILES string of the molecule is C=C(C)C(=O)N1CCN(C(=O)[C@@H]2C(C(=O)OCC)=C(C)O[C@H]2c2ccccc2)CC1. The van der Waals surface area contributed by atoms with Crippen molar-refractivity contribution in [1.29, 1.82) is 0 Å². The van der Waals surface area contributed by atoms with E-state index in [1.54, 1.807) is 30.6 Å². The third kappa shape index (κ3) is 4.25. The van der Waals surface area contributed by atoms with E-state index < -0.39 is 18.0 Å². The van der Waals surface area contributed by atoms with E-state index in [0.717, 1.165) is 5.56 Å². The average molecular weight is 412 g/mol. The maximum absolute atomic E-state index is 13.5. The molecule has 7 heteroatoms. The van der Waals surface area contributed by atoms with Gasteiger partial charge in [-0.2, -0.15) is 0 Å². The Labute approximate surface area is 176 Å². The van der Waals surface area contributed by atoms with E-state index >= 15 is 0 Å². The monoisotopic (exact) mass is 412 g/mol. The summed E-state index contributed by atoms with van der Waals surface area (Å²) in [5.41, 5.74) is 1.58. The molecular weight excluding hydrogens is 384 g/mol. The Hall–Kier alpha value is -3.09. The van der Waals surface area contributed by atoms with Gasteiger partial charge in [-0.25, -0.2) is 4.79 Å². The lowest BCUT2D eigenvalue weighted by Crippen LogP contribution is -2.52. The Morgan fingerprint density at radius 1 is 1.10 bits per heavy atom. The first kappa shape index (κ1) is 21.6. The standard InChI is InChI=1S/C23H28N2O5/c1-5-29-23(28)18-16(4)30-20(17-9-7-6-8-10-17)19(18)22(27)25-13-11-24(12-14-25)21(26)15(2)3/h6-10,19-20H,2,5,11-14H2,1,3-4H3/t19-,20+/m1/s1. The van der Waals surface area contributed by atoms with Crippen molar-refractivity contribution >= 4 is 17.8 Å². The summed E-state index contributed by atoms with van der Waals surface area (Å²) < 4.78 is 11.2. The summed E-state index contributed by atoms with van der Waals surface area (Å²) in [6.07, 6.45) is -0.590. The topological polar surface area (TPSA) is 76.2 Å². The Morgan fingerprint density at radius 3 is 2.27 bits per heavy atom. The summed E-state index contributed by atoms with van der Waals surface area (Å²) in [7, 11) is 0. The summed E-state index contributed by atoms with van der Waals surface area (Å²) in [5, 5.41) is 0. The van der Waals surface area contributed by atoms with Crippen LogP contribution in [0.5, 0.6) is 0 Å². The van der Waals surface area contributed by atoms with E-state index in [2.05, 4.69) is 6.58 Å². The summed E-state index contributed by atoms with van der Waals surface area (Å²) in [6, 6.07) is 9.41. The molecule has 3 rings (SSSR count). The highest BCUT2D eigenvalue weighted by molar-refractivity contribution is 5.99. The molecule has 1 aromatic rings. The van der Waals surface area contributed by atoms with Crippen molar-refractivity contribution in [2.45, 2.75) is 26.9 Å². The number of benzene rings is 1. The molecule has 7 nitrogen and oxygen atoms in total. The number of esters is 1. The number of amides is 2. The molecular formula is C23H28N2O5. The zero-order valence-corrected chi connectivity index (χ0v) is 17.7. The van der Waals surface area contributed by atoms with Gasteiger partial charge in [0.25, 0.3) is 0 Å². The van der Waals surface area contributed by atoms with Crippen molar-refractivity contribution in [1.82, 2.24) is 9.80 Å². The van der Waals surface area contributed by atoms with Gasteiger partial charge in [0.05, 0.1) is 12.2 Å². The van der Waals surface area contributed by atoms with E-state index in [-0.39, 0.29) is 24.0 Å². The quantitative estimate of drug-likeness (QED) is 0.549. The molecule has 2 amide bonds. The number of ether oxygens (including phenoxy) is 2. The number of rotatable bonds is 5. The van der Waals surface area contributed by atoms with E-state index in [4.69, 9.17) is 9.47 Å². The Balaban J connectivity index is 1.84. The predicted molar refractivity (Wildman–Crippen MR) is 111 cm³/mol. The van der Waals surface area contributed by atoms with Crippen molar-refractivity contribution in [3.8, 4) is 0 Å². The fraction of sp³-hybridized carbons (Fsp3) is 0.435. The molecule has 0 unspecified atom stereocenters. The summed E-state index contributed by atoms with van der Waals surface area (Å²) in [6.45, 7) is 10.7. The zero-order valence-electron chi connectivity index (χ0n) is 17.7. The number of nitrogens with zero attached hydrogens (tertiary/aromatic N) is 2. The van der Waals surface area contributed by atoms with Crippen LogP contribution in [0.15, 0.2) is 53.8 Å². The molecule has 160 valence electrons. The maximum Gasteiger partial charge on any atom is 0.338 e. The largest absolute Gasteiger partial charge is 0.489 e. The molecule has 0 aromatic heterocycles. The van der Waals surface area contributed by atoms with Gasteiger partial charge < -0.3 is 19.3 Å². The number of hydrogen-bond acceptors (Lipinski definition) is 5. The molecule has 0 radical (unpaired) electrons. The van der Waals surface area contributed by atoms with Crippen LogP contribution < -0.4 is 0 Å². The smallest absolute Gasteiger partial charge is 0.338 e. The van der Waals surface area contributed by atoms with Gasteiger partial charge in [-0.1, -0.05) is 36.9 Å². The number of piperazine rings is 1. The first-order valence-electron chi connectivity index (χ1n) is 10.2. The molecule has 2 aliphatic heterocycles. The van der Waals surface area contributed by atoms with Gasteiger partial charge in [0.2, 0.25) is 11.8 Å². The lowest BCUT2D eigenvalue weighted by Gasteiger charge is -2.36. The van der Waals surface area contributed by atoms with Crippen LogP contribution in [0.3, 0.4) is 0 Å². The van der Waals surface area contributed by atoms with Crippen molar-refractivity contribution in [3.63, 3.8) is 0 Å². The first-order chi connectivity index (χ1) is 14.3. The minimum Gasteiger partial charge on any atom is -0.489 e. The van der Waals surface area contributed by atoms with Crippen LogP contribution in [-0.4, -0.2) is 60.4 Å². The second-order valence-electron chi connectivity index (χ2n) is 7.51. The molecule has 0 bridgehead atoms. The van der Waals surface area contributed by atoms with E-state index in [9.17, 15) is 14.4 Å². The molecule has 1 saturated heterocycles. The average Bonchev–Trinajstić information content (AvgIpc) is 3.10. The molecule has 30 heavy (non-hydrogen) atoms. The van der Waals surface area contributed by atoms with Crippen LogP contribution in [0, 0.1) is 5.92 Å². The molecule has 0 saturated carbocycles. The third-order valence-electron chi connectivity index (χ3n) is 5.43. The minimum absolute atomic E-state index is 0.101. The van der Waals surface area contributed by atoms with Gasteiger partial charge in [0.1, 0.15) is 17.8 Å². The first-order valence-corrected chi connectivity index (χ1v) is 10.2. The van der Waals surface area contributed by atoms with Crippen LogP contribution in [0.25, 0.3) is 0 Å². The highest BCUT2D eigenvalue weighted by Gasteiger charge is 2.47. The second kappa shape index (κ2) is 9.15. The van der Waals surface area contributed by atoms with Gasteiger partial charge in [0.15, 0.2) is 0 Å². The summed E-state index contributed by atoms with van der Waals surface area (Å²) >= 11 is 0. The van der Waals surface area contributed by atoms with Gasteiger partial charge in [-0.15, -0.1) is 0 Å². The molecule has 0 aliphatic carbocycles. The van der Waals surface area contributed by atoms with Gasteiger partial charge in [0, 0.05) is 31.8 Å². The van der Waals surface area contributed by atoms with Crippen molar-refractivity contribution in [2.75, 3.05) is 32.8 Å². The highest BCUT2D eigenvalue weighted by atomic mass is 16.5. The van der Waals surface area contributed by atoms with Crippen LogP contribution in [0.4, 0.5) is 0 Å². The van der Waals surface area contributed by atoms with E-state index in [0.29, 0.717) is 37.5 Å². The van der Waals surface area contributed by atoms with Crippen LogP contribution in [0.2, 0.25) is 0 Å². The molecule has 0 spiro atoms. The fourth-order valence-corrected chi connectivity index (χ4v) is 3.92. The lowest BCUT2D eigenvalue weighted by molar-refractivity contribution is -0.145. The molecule has 2 heterocycles. The van der Waals surface area contributed by atoms with Gasteiger partial charge in [-0.05, 0) is 26.3 Å². The number of allylic oxidation sites excluding steroid dienone is 1. The van der Waals surface area contributed by atoms with Crippen molar-refractivity contribution in [3.05, 3.63) is 59.4 Å². The van der Waals surface area contributed by atoms with Crippen molar-refractivity contribution < 1.29 is 23.9 Å².